The minimum atomic E-state index is 0.0501. The first kappa shape index (κ1) is 19.2. The Morgan fingerprint density at radius 3 is 2.48 bits per heavy atom. The zero-order valence-electron chi connectivity index (χ0n) is 17.1. The Morgan fingerprint density at radius 2 is 1.81 bits per heavy atom. The first-order valence-electron chi connectivity index (χ1n) is 9.84. The van der Waals surface area contributed by atoms with Crippen LogP contribution in [0, 0.1) is 19.3 Å². The number of rotatable bonds is 4. The van der Waals surface area contributed by atoms with Crippen molar-refractivity contribution >= 4 is 5.82 Å². The molecule has 5 rings (SSSR count). The molecule has 156 valence electrons. The fourth-order valence-corrected chi connectivity index (χ4v) is 3.92. The van der Waals surface area contributed by atoms with Gasteiger partial charge in [0.2, 0.25) is 11.5 Å². The molecule has 0 saturated heterocycles. The Balaban J connectivity index is 1.74. The molecule has 0 atom stereocenters. The molecule has 4 heterocycles. The van der Waals surface area contributed by atoms with Gasteiger partial charge in [-0.25, -0.2) is 9.97 Å². The molecule has 9 nitrogen and oxygen atoms in total. The first-order chi connectivity index (χ1) is 15.0. The summed E-state index contributed by atoms with van der Waals surface area (Å²) >= 11 is 0. The molecule has 0 unspecified atom stereocenters. The van der Waals surface area contributed by atoms with Gasteiger partial charge in [-0.3, -0.25) is 20.2 Å². The number of pyridine rings is 1. The summed E-state index contributed by atoms with van der Waals surface area (Å²) in [5.74, 6) is 0.933. The number of hydrogen-bond acceptors (Lipinski definition) is 8. The van der Waals surface area contributed by atoms with Crippen LogP contribution in [0.2, 0.25) is 0 Å². The highest BCUT2D eigenvalue weighted by atomic mass is 16.6. The van der Waals surface area contributed by atoms with Crippen molar-refractivity contribution in [2.24, 2.45) is 0 Å². The van der Waals surface area contributed by atoms with Gasteiger partial charge in [0, 0.05) is 17.0 Å². The van der Waals surface area contributed by atoms with Crippen molar-refractivity contribution in [3.8, 4) is 22.4 Å². The fourth-order valence-electron chi connectivity index (χ4n) is 3.92. The minimum absolute atomic E-state index is 0.0501. The number of hydrazine groups is 1. The van der Waals surface area contributed by atoms with Crippen LogP contribution >= 0.6 is 0 Å². The van der Waals surface area contributed by atoms with Gasteiger partial charge in [0.05, 0.1) is 24.0 Å². The van der Waals surface area contributed by atoms with E-state index in [-0.39, 0.29) is 18.8 Å². The van der Waals surface area contributed by atoms with E-state index in [0.29, 0.717) is 17.4 Å². The molecule has 0 bridgehead atoms. The first-order valence-corrected chi connectivity index (χ1v) is 9.84. The van der Waals surface area contributed by atoms with Gasteiger partial charge in [0.25, 0.3) is 0 Å². The van der Waals surface area contributed by atoms with Crippen molar-refractivity contribution in [2.45, 2.75) is 27.1 Å². The van der Waals surface area contributed by atoms with Crippen molar-refractivity contribution in [1.82, 2.24) is 24.5 Å². The van der Waals surface area contributed by atoms with E-state index in [1.807, 2.05) is 56.3 Å². The van der Waals surface area contributed by atoms with Crippen LogP contribution in [-0.2, 0) is 13.2 Å². The average molecular weight is 415 g/mol. The number of aromatic nitrogens is 4. The van der Waals surface area contributed by atoms with Crippen LogP contribution in [0.5, 0.6) is 0 Å². The summed E-state index contributed by atoms with van der Waals surface area (Å²) in [6.07, 6.45) is 3.05. The van der Waals surface area contributed by atoms with Gasteiger partial charge >= 0.3 is 0 Å². The summed E-state index contributed by atoms with van der Waals surface area (Å²) in [4.78, 5) is 13.3. The number of nitrogens with zero attached hydrogens (tertiary/aromatic N) is 6. The molecule has 0 spiro atoms. The van der Waals surface area contributed by atoms with Crippen molar-refractivity contribution in [3.63, 3.8) is 0 Å². The normalized spacial score (nSPS) is 13.6. The minimum Gasteiger partial charge on any atom is -0.448 e. The van der Waals surface area contributed by atoms with E-state index >= 15 is 0 Å². The predicted molar refractivity (Wildman–Crippen MR) is 113 cm³/mol. The van der Waals surface area contributed by atoms with Crippen LogP contribution in [0.3, 0.4) is 0 Å². The molecule has 9 heteroatoms. The lowest BCUT2D eigenvalue weighted by Crippen LogP contribution is -2.34. The van der Waals surface area contributed by atoms with Gasteiger partial charge in [-0.2, -0.15) is 10.2 Å². The smallest absolute Gasteiger partial charge is 0.225 e. The number of hydrogen-bond donors (Lipinski definition) is 2. The zero-order valence-corrected chi connectivity index (χ0v) is 17.1. The van der Waals surface area contributed by atoms with E-state index in [1.165, 1.54) is 6.26 Å². The largest absolute Gasteiger partial charge is 0.448 e. The summed E-state index contributed by atoms with van der Waals surface area (Å²) in [5.41, 5.74) is 4.86. The van der Waals surface area contributed by atoms with Gasteiger partial charge in [0.15, 0.2) is 5.82 Å². The molecule has 0 aliphatic carbocycles. The Morgan fingerprint density at radius 1 is 1.06 bits per heavy atom. The zero-order chi connectivity index (χ0) is 21.5. The highest BCUT2D eigenvalue weighted by Crippen LogP contribution is 2.40. The number of oxazole rings is 1. The molecule has 0 fully saturated rings. The SMILES string of the molecule is Cc1cc(-c2c(-c3ccccc3)nc(=N)n3c2N(O)N(Cc2ncco2)C3)cc(C)n1. The number of nitrogens with one attached hydrogen (secondary N) is 1. The Kier molecular flexibility index (Phi) is 4.61. The highest BCUT2D eigenvalue weighted by Gasteiger charge is 2.33. The number of anilines is 1. The molecular weight excluding hydrogens is 394 g/mol. The summed E-state index contributed by atoms with van der Waals surface area (Å²) in [7, 11) is 0. The van der Waals surface area contributed by atoms with E-state index in [0.717, 1.165) is 33.3 Å². The predicted octanol–water partition coefficient (Wildman–Crippen LogP) is 3.28. The van der Waals surface area contributed by atoms with E-state index in [4.69, 9.17) is 9.83 Å². The molecule has 0 saturated carbocycles. The second-order valence-corrected chi connectivity index (χ2v) is 7.44. The van der Waals surface area contributed by atoms with E-state index < -0.39 is 0 Å². The van der Waals surface area contributed by atoms with Gasteiger partial charge in [0.1, 0.15) is 12.9 Å². The van der Waals surface area contributed by atoms with Crippen LogP contribution in [0.4, 0.5) is 5.82 Å². The van der Waals surface area contributed by atoms with Crippen molar-refractivity contribution in [1.29, 1.82) is 5.41 Å². The third-order valence-corrected chi connectivity index (χ3v) is 5.17. The molecule has 1 aliphatic heterocycles. The van der Waals surface area contributed by atoms with Gasteiger partial charge in [-0.05, 0) is 31.5 Å². The van der Waals surface area contributed by atoms with Crippen LogP contribution < -0.4 is 10.8 Å². The molecule has 1 aliphatic rings. The number of aryl methyl sites for hydroxylation is 2. The fraction of sp³-hybridized carbons (Fsp3) is 0.182. The molecule has 4 aromatic rings. The number of fused-ring (bicyclic) bond motifs is 1. The van der Waals surface area contributed by atoms with Crippen molar-refractivity contribution < 1.29 is 9.62 Å². The topological polar surface area (TPSA) is 107 Å². The molecular formula is C22H21N7O2. The second-order valence-electron chi connectivity index (χ2n) is 7.44. The maximum Gasteiger partial charge on any atom is 0.225 e. The number of benzene rings is 1. The molecule has 3 aromatic heterocycles. The molecule has 31 heavy (non-hydrogen) atoms. The third-order valence-electron chi connectivity index (χ3n) is 5.17. The van der Waals surface area contributed by atoms with E-state index in [9.17, 15) is 5.21 Å². The van der Waals surface area contributed by atoms with Gasteiger partial charge in [-0.1, -0.05) is 30.3 Å². The lowest BCUT2D eigenvalue weighted by molar-refractivity contribution is 0.0554. The van der Waals surface area contributed by atoms with Gasteiger partial charge < -0.3 is 4.42 Å². The van der Waals surface area contributed by atoms with Crippen LogP contribution in [0.1, 0.15) is 17.3 Å². The Labute approximate surface area is 178 Å². The van der Waals surface area contributed by atoms with Crippen molar-refractivity contribution in [2.75, 3.05) is 5.17 Å². The Bertz CT molecular complexity index is 1280. The van der Waals surface area contributed by atoms with Crippen LogP contribution in [-0.4, -0.2) is 29.7 Å². The molecule has 2 N–H and O–H groups in total. The standard InChI is InChI=1S/C22H21N7O2/c1-14-10-17(11-15(2)25-14)19-20(16-6-4-3-5-7-16)26-22(23)28-13-27(29(30)21(19)28)12-18-24-8-9-31-18/h3-11,23,30H,12-13H2,1-2H3. The summed E-state index contributed by atoms with van der Waals surface area (Å²) in [6, 6.07) is 13.6. The summed E-state index contributed by atoms with van der Waals surface area (Å²) < 4.78 is 7.00. The second kappa shape index (κ2) is 7.46. The quantitative estimate of drug-likeness (QED) is 0.527. The van der Waals surface area contributed by atoms with E-state index in [1.54, 1.807) is 15.8 Å². The van der Waals surface area contributed by atoms with Crippen LogP contribution in [0.15, 0.2) is 59.3 Å². The van der Waals surface area contributed by atoms with E-state index in [2.05, 4.69) is 15.0 Å². The monoisotopic (exact) mass is 415 g/mol. The maximum atomic E-state index is 11.2. The molecule has 0 amide bonds. The Hall–Kier alpha value is -3.82. The third kappa shape index (κ3) is 3.39. The summed E-state index contributed by atoms with van der Waals surface area (Å²) in [5, 5.41) is 22.4. The van der Waals surface area contributed by atoms with Gasteiger partial charge in [-0.15, -0.1) is 0 Å². The lowest BCUT2D eigenvalue weighted by Gasteiger charge is -2.23. The average Bonchev–Trinajstić information content (AvgIpc) is 3.37. The molecule has 1 aromatic carbocycles. The maximum absolute atomic E-state index is 11.2. The highest BCUT2D eigenvalue weighted by molar-refractivity contribution is 5.88. The summed E-state index contributed by atoms with van der Waals surface area (Å²) in [6.45, 7) is 4.36. The molecule has 0 radical (unpaired) electrons. The lowest BCUT2D eigenvalue weighted by atomic mass is 9.99. The van der Waals surface area contributed by atoms with Crippen LogP contribution in [0.25, 0.3) is 22.4 Å². The van der Waals surface area contributed by atoms with Crippen molar-refractivity contribution in [3.05, 3.63) is 77.8 Å².